The Morgan fingerprint density at radius 2 is 1.52 bits per heavy atom. The topological polar surface area (TPSA) is 37.0 Å². The van der Waals surface area contributed by atoms with Crippen molar-refractivity contribution in [2.75, 3.05) is 53.5 Å². The summed E-state index contributed by atoms with van der Waals surface area (Å²) in [5.41, 5.74) is 1.25. The average molecular weight is 311 g/mol. The smallest absolute Gasteiger partial charge is 0.256 e. The summed E-state index contributed by atoms with van der Waals surface area (Å²) in [6, 6.07) is 10.3. The summed E-state index contributed by atoms with van der Waals surface area (Å²) < 4.78 is 11.7. The fourth-order valence-corrected chi connectivity index (χ4v) is 3.07. The minimum absolute atomic E-state index is 0.702. The fourth-order valence-electron chi connectivity index (χ4n) is 2.00. The Hall–Kier alpha value is -0.550. The van der Waals surface area contributed by atoms with Gasteiger partial charge in [-0.15, -0.1) is 0 Å². The van der Waals surface area contributed by atoms with Gasteiger partial charge in [-0.2, -0.15) is 0 Å². The second-order valence-electron chi connectivity index (χ2n) is 5.35. The van der Waals surface area contributed by atoms with E-state index >= 15 is 0 Å². The minimum atomic E-state index is -1.02. The molecule has 5 nitrogen and oxygen atoms in total. The van der Waals surface area contributed by atoms with Crippen LogP contribution >= 0.6 is 8.53 Å². The molecule has 0 bridgehead atoms. The molecule has 21 heavy (non-hydrogen) atoms. The molecular weight excluding hydrogens is 285 g/mol. The van der Waals surface area contributed by atoms with Crippen molar-refractivity contribution in [2.45, 2.75) is 6.54 Å². The van der Waals surface area contributed by atoms with Gasteiger partial charge >= 0.3 is 0 Å². The molecule has 1 heterocycles. The van der Waals surface area contributed by atoms with Crippen LogP contribution in [0.15, 0.2) is 30.3 Å². The lowest BCUT2D eigenvalue weighted by Crippen LogP contribution is -2.33. The van der Waals surface area contributed by atoms with Gasteiger partial charge in [-0.05, 0) is 19.7 Å². The van der Waals surface area contributed by atoms with Crippen molar-refractivity contribution in [1.29, 1.82) is 0 Å². The molecule has 1 aromatic rings. The molecule has 0 aromatic heterocycles. The summed E-state index contributed by atoms with van der Waals surface area (Å²) in [6.07, 6.45) is 0. The minimum Gasteiger partial charge on any atom is -0.321 e. The van der Waals surface area contributed by atoms with Gasteiger partial charge in [-0.1, -0.05) is 30.3 Å². The molecule has 2 rings (SSSR count). The van der Waals surface area contributed by atoms with Crippen molar-refractivity contribution in [3.8, 4) is 0 Å². The van der Waals surface area contributed by atoms with Crippen LogP contribution in [0.1, 0.15) is 5.56 Å². The molecule has 6 heteroatoms. The maximum Gasteiger partial charge on any atom is 0.256 e. The summed E-state index contributed by atoms with van der Waals surface area (Å²) in [7, 11) is 3.25. The number of nitrogens with one attached hydrogen (secondary N) is 1. The van der Waals surface area contributed by atoms with Crippen molar-refractivity contribution >= 4 is 8.53 Å². The van der Waals surface area contributed by atoms with Gasteiger partial charge in [-0.3, -0.25) is 0 Å². The third kappa shape index (κ3) is 6.83. The van der Waals surface area contributed by atoms with E-state index < -0.39 is 8.53 Å². The maximum atomic E-state index is 5.87. The highest BCUT2D eigenvalue weighted by Crippen LogP contribution is 2.33. The highest BCUT2D eigenvalue weighted by atomic mass is 31.2. The molecule has 1 N–H and O–H groups in total. The van der Waals surface area contributed by atoms with Crippen molar-refractivity contribution in [3.63, 3.8) is 0 Å². The molecule has 0 saturated carbocycles. The molecule has 1 aliphatic rings. The lowest BCUT2D eigenvalue weighted by Gasteiger charge is -2.20. The van der Waals surface area contributed by atoms with Crippen LogP contribution in [0, 0.1) is 0 Å². The summed E-state index contributed by atoms with van der Waals surface area (Å²) in [6.45, 7) is 6.18. The van der Waals surface area contributed by atoms with Gasteiger partial charge in [-0.25, -0.2) is 5.09 Å². The Labute approximate surface area is 129 Å². The molecule has 1 aromatic carbocycles. The van der Waals surface area contributed by atoms with Gasteiger partial charge in [0.15, 0.2) is 0 Å². The first kappa shape index (κ1) is 16.8. The van der Waals surface area contributed by atoms with Gasteiger partial charge in [0.2, 0.25) is 0 Å². The third-order valence-electron chi connectivity index (χ3n) is 3.48. The van der Waals surface area contributed by atoms with Gasteiger partial charge in [0.25, 0.3) is 8.53 Å². The van der Waals surface area contributed by atoms with E-state index in [4.69, 9.17) is 9.05 Å². The summed E-state index contributed by atoms with van der Waals surface area (Å²) >= 11 is 0. The Bertz CT molecular complexity index is 378. The van der Waals surface area contributed by atoms with E-state index in [9.17, 15) is 0 Å². The van der Waals surface area contributed by atoms with E-state index in [-0.39, 0.29) is 0 Å². The van der Waals surface area contributed by atoms with Gasteiger partial charge < -0.3 is 18.8 Å². The number of rotatable bonds is 3. The monoisotopic (exact) mass is 311 g/mol. The number of likely N-dealkylation sites (N-methyl/N-ethyl adjacent to an activating group) is 2. The number of nitrogens with zero attached hydrogens (tertiary/aromatic N) is 2. The normalized spacial score (nSPS) is 21.0. The molecular formula is C15H26N3O2P. The van der Waals surface area contributed by atoms with Crippen LogP contribution in [0.5, 0.6) is 0 Å². The van der Waals surface area contributed by atoms with Gasteiger partial charge in [0.1, 0.15) is 0 Å². The lowest BCUT2D eigenvalue weighted by molar-refractivity contribution is 0.216. The van der Waals surface area contributed by atoms with E-state index in [1.54, 1.807) is 0 Å². The quantitative estimate of drug-likeness (QED) is 0.863. The molecule has 0 unspecified atom stereocenters. The Balaban J connectivity index is 1.81. The van der Waals surface area contributed by atoms with Crippen molar-refractivity contribution in [3.05, 3.63) is 35.9 Å². The number of hydrogen-bond donors (Lipinski definition) is 1. The van der Waals surface area contributed by atoms with Crippen LogP contribution in [-0.4, -0.2) is 63.3 Å². The highest BCUT2D eigenvalue weighted by molar-refractivity contribution is 7.44. The molecule has 0 radical (unpaired) electrons. The van der Waals surface area contributed by atoms with Crippen LogP contribution in [0.2, 0.25) is 0 Å². The maximum absolute atomic E-state index is 5.87. The summed E-state index contributed by atoms with van der Waals surface area (Å²) in [5, 5.41) is 3.39. The Kier molecular flexibility index (Phi) is 7.58. The van der Waals surface area contributed by atoms with Crippen molar-refractivity contribution in [2.24, 2.45) is 0 Å². The van der Waals surface area contributed by atoms with Gasteiger partial charge in [0.05, 0.1) is 13.2 Å². The number of hydrogen-bond acceptors (Lipinski definition) is 5. The SMILES string of the molecule is CN1CCOP(NCc2ccccc2)OCCN(C)CC1. The zero-order valence-electron chi connectivity index (χ0n) is 13.0. The van der Waals surface area contributed by atoms with E-state index in [1.807, 2.05) is 18.2 Å². The van der Waals surface area contributed by atoms with Crippen molar-refractivity contribution < 1.29 is 9.05 Å². The molecule has 1 saturated heterocycles. The first-order chi connectivity index (χ1) is 10.2. The molecule has 0 aliphatic carbocycles. The molecule has 0 spiro atoms. The van der Waals surface area contributed by atoms with E-state index in [0.29, 0.717) is 13.2 Å². The Morgan fingerprint density at radius 1 is 0.952 bits per heavy atom. The predicted molar refractivity (Wildman–Crippen MR) is 87.1 cm³/mol. The standard InChI is InChI=1S/C15H26N3O2P/c1-17-8-9-18(2)11-13-20-21(19-12-10-17)16-14-15-6-4-3-5-7-15/h3-7,16H,8-14H2,1-2H3. The fraction of sp³-hybridized carbons (Fsp3) is 0.600. The molecule has 1 fully saturated rings. The average Bonchev–Trinajstić information content (AvgIpc) is 2.53. The summed E-state index contributed by atoms with van der Waals surface area (Å²) in [5.74, 6) is 0. The van der Waals surface area contributed by atoms with Crippen LogP contribution in [0.25, 0.3) is 0 Å². The predicted octanol–water partition coefficient (Wildman–Crippen LogP) is 1.91. The zero-order valence-corrected chi connectivity index (χ0v) is 13.9. The van der Waals surface area contributed by atoms with E-state index in [1.165, 1.54) is 5.56 Å². The summed E-state index contributed by atoms with van der Waals surface area (Å²) in [4.78, 5) is 4.60. The van der Waals surface area contributed by atoms with E-state index in [0.717, 1.165) is 32.7 Å². The molecule has 0 amide bonds. The second kappa shape index (κ2) is 9.46. The van der Waals surface area contributed by atoms with Crippen LogP contribution in [-0.2, 0) is 15.6 Å². The third-order valence-corrected chi connectivity index (χ3v) is 4.73. The lowest BCUT2D eigenvalue weighted by atomic mass is 10.2. The van der Waals surface area contributed by atoms with E-state index in [2.05, 4.69) is 41.1 Å². The van der Waals surface area contributed by atoms with Crippen LogP contribution < -0.4 is 5.09 Å². The first-order valence-electron chi connectivity index (χ1n) is 7.44. The molecule has 118 valence electrons. The van der Waals surface area contributed by atoms with Gasteiger partial charge in [0, 0.05) is 32.7 Å². The van der Waals surface area contributed by atoms with Crippen LogP contribution in [0.3, 0.4) is 0 Å². The molecule has 0 atom stereocenters. The first-order valence-corrected chi connectivity index (χ1v) is 8.62. The molecule has 1 aliphatic heterocycles. The zero-order chi connectivity index (χ0) is 14.9. The van der Waals surface area contributed by atoms with Crippen molar-refractivity contribution in [1.82, 2.24) is 14.9 Å². The largest absolute Gasteiger partial charge is 0.321 e. The Morgan fingerprint density at radius 3 is 2.10 bits per heavy atom. The number of benzene rings is 1. The second-order valence-corrected chi connectivity index (χ2v) is 6.70. The highest BCUT2D eigenvalue weighted by Gasteiger charge is 2.13. The van der Waals surface area contributed by atoms with Crippen LogP contribution in [0.4, 0.5) is 0 Å².